The van der Waals surface area contributed by atoms with Crippen molar-refractivity contribution >= 4 is 23.8 Å². The molecule has 0 radical (unpaired) electrons. The highest BCUT2D eigenvalue weighted by atomic mass is 16.5. The predicted octanol–water partition coefficient (Wildman–Crippen LogP) is 7.27. The Morgan fingerprint density at radius 2 is 1.63 bits per heavy atom. The Hall–Kier alpha value is -4.39. The third-order valence-corrected chi connectivity index (χ3v) is 7.46. The zero-order chi connectivity index (χ0) is 28.8. The van der Waals surface area contributed by atoms with Gasteiger partial charge >= 0.3 is 11.9 Å². The first-order chi connectivity index (χ1) is 20.0. The molecule has 0 aliphatic carbocycles. The Bertz CT molecular complexity index is 1450. The fraction of sp³-hybridized carbons (Fsp3) is 0.324. The molecule has 0 bridgehead atoms. The van der Waals surface area contributed by atoms with Crippen LogP contribution in [-0.4, -0.2) is 31.4 Å². The molecule has 212 valence electrons. The number of hydrogen-bond acceptors (Lipinski definition) is 7. The molecule has 3 aromatic carbocycles. The van der Waals surface area contributed by atoms with E-state index in [0.717, 1.165) is 24.2 Å². The van der Waals surface area contributed by atoms with Crippen molar-refractivity contribution < 1.29 is 33.3 Å². The maximum absolute atomic E-state index is 13.3. The number of carbonyl (C=O) groups excluding carboxylic acids is 3. The summed E-state index contributed by atoms with van der Waals surface area (Å²) in [6.07, 6.45) is 8.99. The molecule has 0 N–H and O–H groups in total. The predicted molar refractivity (Wildman–Crippen MR) is 155 cm³/mol. The Morgan fingerprint density at radius 3 is 2.37 bits per heavy atom. The van der Waals surface area contributed by atoms with Crippen LogP contribution >= 0.6 is 0 Å². The van der Waals surface area contributed by atoms with Crippen LogP contribution in [0.4, 0.5) is 0 Å². The van der Waals surface area contributed by atoms with Crippen molar-refractivity contribution in [2.75, 3.05) is 13.7 Å². The van der Waals surface area contributed by atoms with Crippen LogP contribution in [0.1, 0.15) is 95.2 Å². The van der Waals surface area contributed by atoms with Gasteiger partial charge in [-0.3, -0.25) is 9.59 Å². The van der Waals surface area contributed by atoms with E-state index in [2.05, 4.69) is 6.92 Å². The molecule has 3 aromatic rings. The van der Waals surface area contributed by atoms with Gasteiger partial charge in [0.15, 0.2) is 5.76 Å². The molecular weight excluding hydrogens is 520 g/mol. The summed E-state index contributed by atoms with van der Waals surface area (Å²) in [7, 11) is 1.32. The molecule has 2 heterocycles. The van der Waals surface area contributed by atoms with E-state index in [1.54, 1.807) is 42.5 Å². The van der Waals surface area contributed by atoms with Gasteiger partial charge in [0.1, 0.15) is 17.2 Å². The molecule has 1 unspecified atom stereocenters. The molecule has 41 heavy (non-hydrogen) atoms. The zero-order valence-electron chi connectivity index (χ0n) is 23.4. The topological polar surface area (TPSA) is 88.1 Å². The van der Waals surface area contributed by atoms with Gasteiger partial charge in [-0.15, -0.1) is 0 Å². The van der Waals surface area contributed by atoms with Gasteiger partial charge in [0, 0.05) is 11.5 Å². The van der Waals surface area contributed by atoms with E-state index >= 15 is 0 Å². The van der Waals surface area contributed by atoms with E-state index in [9.17, 15) is 14.4 Å². The summed E-state index contributed by atoms with van der Waals surface area (Å²) in [5.41, 5.74) is 3.12. The quantitative estimate of drug-likeness (QED) is 0.107. The summed E-state index contributed by atoms with van der Waals surface area (Å²) in [6, 6.07) is 17.7. The van der Waals surface area contributed by atoms with Crippen LogP contribution in [0.5, 0.6) is 17.2 Å². The number of hydrogen-bond donors (Lipinski definition) is 0. The van der Waals surface area contributed by atoms with Crippen molar-refractivity contribution in [3.05, 3.63) is 94.2 Å². The highest BCUT2D eigenvalue weighted by Gasteiger charge is 2.38. The first-order valence-corrected chi connectivity index (χ1v) is 14.2. The Kier molecular flexibility index (Phi) is 8.82. The molecular formula is C34H34O7. The fourth-order valence-corrected chi connectivity index (χ4v) is 5.24. The highest BCUT2D eigenvalue weighted by molar-refractivity contribution is 6.15. The number of unbranched alkanes of at least 4 members (excludes halogenated alkanes) is 5. The number of ether oxygens (including phenoxy) is 4. The highest BCUT2D eigenvalue weighted by Crippen LogP contribution is 2.49. The second-order valence-corrected chi connectivity index (χ2v) is 10.3. The zero-order valence-corrected chi connectivity index (χ0v) is 23.4. The smallest absolute Gasteiger partial charge is 0.337 e. The standard InChI is InChI=1S/C34H34O7/c1-3-4-5-6-7-8-19-39-25-15-13-23(14-16-25)27-21-30(35)40-28-18-17-26-32(36)29(41-33(26)31(27)28)20-22-9-11-24(12-10-22)34(37)38-2/h9-18,20,27H,3-8,19,21H2,1-2H3/b29-20-. The Morgan fingerprint density at radius 1 is 0.902 bits per heavy atom. The second-order valence-electron chi connectivity index (χ2n) is 10.3. The van der Waals surface area contributed by atoms with Gasteiger partial charge in [-0.05, 0) is 60.0 Å². The number of fused-ring (bicyclic) bond motifs is 3. The lowest BCUT2D eigenvalue weighted by Crippen LogP contribution is -2.21. The van der Waals surface area contributed by atoms with E-state index in [1.165, 1.54) is 32.8 Å². The number of benzene rings is 3. The van der Waals surface area contributed by atoms with Crippen molar-refractivity contribution in [1.29, 1.82) is 0 Å². The van der Waals surface area contributed by atoms with Gasteiger partial charge in [0.25, 0.3) is 0 Å². The summed E-state index contributed by atoms with van der Waals surface area (Å²) in [6.45, 7) is 2.89. The summed E-state index contributed by atoms with van der Waals surface area (Å²) >= 11 is 0. The molecule has 0 amide bonds. The van der Waals surface area contributed by atoms with Crippen LogP contribution in [0, 0.1) is 0 Å². The molecule has 0 spiro atoms. The first-order valence-electron chi connectivity index (χ1n) is 14.2. The maximum atomic E-state index is 13.3. The molecule has 1 atom stereocenters. The molecule has 0 aromatic heterocycles. The van der Waals surface area contributed by atoms with E-state index in [-0.39, 0.29) is 29.9 Å². The van der Waals surface area contributed by atoms with Gasteiger partial charge in [0.05, 0.1) is 31.3 Å². The van der Waals surface area contributed by atoms with Crippen molar-refractivity contribution in [3.8, 4) is 17.2 Å². The number of ketones is 1. The molecule has 0 fully saturated rings. The number of esters is 2. The van der Waals surface area contributed by atoms with Gasteiger partial charge in [0.2, 0.25) is 5.78 Å². The van der Waals surface area contributed by atoms with Gasteiger partial charge in [-0.1, -0.05) is 63.3 Å². The second kappa shape index (κ2) is 12.9. The molecule has 7 heteroatoms. The molecule has 7 nitrogen and oxygen atoms in total. The number of allylic oxidation sites excluding steroid dienone is 1. The van der Waals surface area contributed by atoms with Crippen LogP contribution in [-0.2, 0) is 9.53 Å². The van der Waals surface area contributed by atoms with E-state index in [4.69, 9.17) is 18.9 Å². The summed E-state index contributed by atoms with van der Waals surface area (Å²) in [4.78, 5) is 37.5. The SMILES string of the molecule is CCCCCCCCOc1ccc(C2CC(=O)Oc3ccc4c(c32)O/C(=C\c2ccc(C(=O)OC)cc2)C4=O)cc1. The minimum Gasteiger partial charge on any atom is -0.494 e. The van der Waals surface area contributed by atoms with Crippen molar-refractivity contribution in [3.63, 3.8) is 0 Å². The lowest BCUT2D eigenvalue weighted by molar-refractivity contribution is -0.135. The average Bonchev–Trinajstić information content (AvgIpc) is 3.31. The van der Waals surface area contributed by atoms with Crippen LogP contribution in [0.2, 0.25) is 0 Å². The lowest BCUT2D eigenvalue weighted by atomic mass is 9.84. The van der Waals surface area contributed by atoms with E-state index < -0.39 is 5.97 Å². The number of Topliss-reactive ketones (excluding diaryl/α,β-unsaturated/α-hetero) is 1. The van der Waals surface area contributed by atoms with Crippen molar-refractivity contribution in [2.45, 2.75) is 57.8 Å². The van der Waals surface area contributed by atoms with Crippen LogP contribution in [0.3, 0.4) is 0 Å². The largest absolute Gasteiger partial charge is 0.494 e. The Balaban J connectivity index is 1.33. The van der Waals surface area contributed by atoms with Crippen molar-refractivity contribution in [2.24, 2.45) is 0 Å². The average molecular weight is 555 g/mol. The van der Waals surface area contributed by atoms with E-state index in [0.29, 0.717) is 40.4 Å². The minimum atomic E-state index is -0.436. The van der Waals surface area contributed by atoms with Crippen LogP contribution in [0.15, 0.2) is 66.4 Å². The van der Waals surface area contributed by atoms with Gasteiger partial charge in [-0.2, -0.15) is 0 Å². The summed E-state index contributed by atoms with van der Waals surface area (Å²) in [5.74, 6) is 0.387. The summed E-state index contributed by atoms with van der Waals surface area (Å²) < 4.78 is 22.4. The summed E-state index contributed by atoms with van der Waals surface area (Å²) in [5, 5.41) is 0. The molecule has 0 saturated carbocycles. The molecule has 0 saturated heterocycles. The van der Waals surface area contributed by atoms with Crippen LogP contribution in [0.25, 0.3) is 6.08 Å². The number of methoxy groups -OCH3 is 1. The molecule has 5 rings (SSSR count). The number of rotatable bonds is 11. The lowest BCUT2D eigenvalue weighted by Gasteiger charge is -2.26. The number of carbonyl (C=O) groups is 3. The molecule has 2 aliphatic heterocycles. The Labute approximate surface area is 240 Å². The van der Waals surface area contributed by atoms with Gasteiger partial charge in [-0.25, -0.2) is 4.79 Å². The van der Waals surface area contributed by atoms with Crippen LogP contribution < -0.4 is 14.2 Å². The third kappa shape index (κ3) is 6.35. The maximum Gasteiger partial charge on any atom is 0.337 e. The fourth-order valence-electron chi connectivity index (χ4n) is 5.24. The first kappa shape index (κ1) is 28.1. The minimum absolute atomic E-state index is 0.132. The normalized spacial score (nSPS) is 16.5. The monoisotopic (exact) mass is 554 g/mol. The third-order valence-electron chi connectivity index (χ3n) is 7.46. The van der Waals surface area contributed by atoms with Gasteiger partial charge < -0.3 is 18.9 Å². The molecule has 2 aliphatic rings. The van der Waals surface area contributed by atoms with Crippen molar-refractivity contribution in [1.82, 2.24) is 0 Å². The van der Waals surface area contributed by atoms with E-state index in [1.807, 2.05) is 24.3 Å².